The number of aryl methyl sites for hydroxylation is 1. The van der Waals surface area contributed by atoms with Crippen molar-refractivity contribution in [3.63, 3.8) is 0 Å². The summed E-state index contributed by atoms with van der Waals surface area (Å²) >= 11 is 0. The molecule has 0 radical (unpaired) electrons. The van der Waals surface area contributed by atoms with E-state index in [-0.39, 0.29) is 5.91 Å². The molecule has 1 fully saturated rings. The van der Waals surface area contributed by atoms with Gasteiger partial charge < -0.3 is 10.3 Å². The third kappa shape index (κ3) is 3.12. The Bertz CT molecular complexity index is 644. The van der Waals surface area contributed by atoms with Gasteiger partial charge in [0, 0.05) is 22.6 Å². The summed E-state index contributed by atoms with van der Waals surface area (Å²) in [7, 11) is 0. The summed E-state index contributed by atoms with van der Waals surface area (Å²) in [6.07, 6.45) is 5.26. The van der Waals surface area contributed by atoms with E-state index in [1.807, 2.05) is 19.1 Å². The number of aromatic nitrogens is 1. The molecular weight excluding hydrogens is 260 g/mol. The van der Waals surface area contributed by atoms with Crippen LogP contribution < -0.4 is 5.32 Å². The van der Waals surface area contributed by atoms with Gasteiger partial charge in [0.2, 0.25) is 5.91 Å². The van der Waals surface area contributed by atoms with Gasteiger partial charge in [0.25, 0.3) is 0 Å². The molecule has 1 aliphatic rings. The first-order valence-electron chi connectivity index (χ1n) is 7.99. The number of amides is 1. The summed E-state index contributed by atoms with van der Waals surface area (Å²) < 4.78 is 0. The Kier molecular flexibility index (Phi) is 4.00. The van der Waals surface area contributed by atoms with Crippen molar-refractivity contribution < 1.29 is 4.79 Å². The molecule has 3 rings (SSSR count). The second-order valence-electron chi connectivity index (χ2n) is 6.49. The Morgan fingerprint density at radius 3 is 2.95 bits per heavy atom. The van der Waals surface area contributed by atoms with E-state index < -0.39 is 0 Å². The van der Waals surface area contributed by atoms with Crippen LogP contribution in [0.25, 0.3) is 10.9 Å². The minimum absolute atomic E-state index is 0.155. The molecule has 1 amide bonds. The van der Waals surface area contributed by atoms with Crippen LogP contribution in [-0.4, -0.2) is 16.9 Å². The molecule has 3 heteroatoms. The molecule has 2 atom stereocenters. The first-order chi connectivity index (χ1) is 10.1. The minimum Gasteiger partial charge on any atom is -0.358 e. The first kappa shape index (κ1) is 14.2. The monoisotopic (exact) mass is 284 g/mol. The first-order valence-corrected chi connectivity index (χ1v) is 7.99. The molecule has 1 saturated carbocycles. The van der Waals surface area contributed by atoms with Crippen molar-refractivity contribution in [2.45, 2.75) is 52.0 Å². The van der Waals surface area contributed by atoms with Gasteiger partial charge in [-0.25, -0.2) is 0 Å². The number of nitrogens with one attached hydrogen (secondary N) is 2. The number of hydrogen-bond acceptors (Lipinski definition) is 1. The highest BCUT2D eigenvalue weighted by Crippen LogP contribution is 2.25. The van der Waals surface area contributed by atoms with Crippen LogP contribution in [0.3, 0.4) is 0 Å². The predicted octanol–water partition coefficient (Wildman–Crippen LogP) is 3.71. The van der Waals surface area contributed by atoms with Crippen LogP contribution in [0.2, 0.25) is 0 Å². The van der Waals surface area contributed by atoms with E-state index in [4.69, 9.17) is 0 Å². The number of rotatable bonds is 3. The maximum atomic E-state index is 12.4. The predicted molar refractivity (Wildman–Crippen MR) is 86.3 cm³/mol. The maximum Gasteiger partial charge on any atom is 0.224 e. The molecule has 0 aliphatic heterocycles. The van der Waals surface area contributed by atoms with Crippen molar-refractivity contribution in [3.05, 3.63) is 35.5 Å². The topological polar surface area (TPSA) is 44.9 Å². The van der Waals surface area contributed by atoms with Gasteiger partial charge in [-0.2, -0.15) is 0 Å². The number of aromatic amines is 1. The normalized spacial score (nSPS) is 22.4. The summed E-state index contributed by atoms with van der Waals surface area (Å²) in [6.45, 7) is 4.33. The fourth-order valence-electron chi connectivity index (χ4n) is 3.57. The molecular formula is C18H24N2O. The fourth-order valence-corrected chi connectivity index (χ4v) is 3.57. The number of carbonyl (C=O) groups excluding carboxylic acids is 1. The highest BCUT2D eigenvalue weighted by Gasteiger charge is 2.21. The summed E-state index contributed by atoms with van der Waals surface area (Å²) in [5.41, 5.74) is 3.35. The zero-order chi connectivity index (χ0) is 14.8. The lowest BCUT2D eigenvalue weighted by atomic mass is 9.87. The Morgan fingerprint density at radius 1 is 1.33 bits per heavy atom. The molecule has 0 saturated heterocycles. The minimum atomic E-state index is 0.155. The zero-order valence-corrected chi connectivity index (χ0v) is 12.9. The molecule has 112 valence electrons. The van der Waals surface area contributed by atoms with E-state index >= 15 is 0 Å². The molecule has 1 aliphatic carbocycles. The lowest BCUT2D eigenvalue weighted by Gasteiger charge is -2.27. The number of benzene rings is 1. The SMILES string of the molecule is Cc1[nH]c2ccccc2c1CC(=O)NC1CCCC(C)C1. The van der Waals surface area contributed by atoms with Crippen molar-refractivity contribution in [1.82, 2.24) is 10.3 Å². The molecule has 21 heavy (non-hydrogen) atoms. The number of hydrogen-bond donors (Lipinski definition) is 2. The highest BCUT2D eigenvalue weighted by molar-refractivity contribution is 5.90. The Labute approximate surface area is 126 Å². The van der Waals surface area contributed by atoms with Crippen LogP contribution in [0.4, 0.5) is 0 Å². The number of fused-ring (bicyclic) bond motifs is 1. The van der Waals surface area contributed by atoms with Gasteiger partial charge in [-0.15, -0.1) is 0 Å². The largest absolute Gasteiger partial charge is 0.358 e. The number of H-pyrrole nitrogens is 1. The molecule has 3 nitrogen and oxygen atoms in total. The van der Waals surface area contributed by atoms with E-state index in [2.05, 4.69) is 29.4 Å². The summed E-state index contributed by atoms with van der Waals surface area (Å²) in [5.74, 6) is 0.890. The van der Waals surface area contributed by atoms with Gasteiger partial charge in [0.15, 0.2) is 0 Å². The zero-order valence-electron chi connectivity index (χ0n) is 12.9. The van der Waals surface area contributed by atoms with E-state index in [1.54, 1.807) is 0 Å². The van der Waals surface area contributed by atoms with Crippen LogP contribution in [-0.2, 0) is 11.2 Å². The van der Waals surface area contributed by atoms with Gasteiger partial charge in [-0.1, -0.05) is 38.0 Å². The van der Waals surface area contributed by atoms with Crippen LogP contribution in [0.15, 0.2) is 24.3 Å². The quantitative estimate of drug-likeness (QED) is 0.886. The molecule has 2 unspecified atom stereocenters. The summed E-state index contributed by atoms with van der Waals surface area (Å²) in [4.78, 5) is 15.7. The van der Waals surface area contributed by atoms with Gasteiger partial charge in [-0.05, 0) is 37.3 Å². The number of para-hydroxylation sites is 1. The average Bonchev–Trinajstić information content (AvgIpc) is 2.75. The van der Waals surface area contributed by atoms with Gasteiger partial charge in [0.1, 0.15) is 0 Å². The molecule has 0 spiro atoms. The van der Waals surface area contributed by atoms with Crippen molar-refractivity contribution in [3.8, 4) is 0 Å². The van der Waals surface area contributed by atoms with Crippen molar-refractivity contribution in [1.29, 1.82) is 0 Å². The second-order valence-corrected chi connectivity index (χ2v) is 6.49. The van der Waals surface area contributed by atoms with Gasteiger partial charge >= 0.3 is 0 Å². The van der Waals surface area contributed by atoms with E-state index in [0.29, 0.717) is 12.5 Å². The van der Waals surface area contributed by atoms with Gasteiger partial charge in [-0.3, -0.25) is 4.79 Å². The van der Waals surface area contributed by atoms with E-state index in [9.17, 15) is 4.79 Å². The Balaban J connectivity index is 1.70. The van der Waals surface area contributed by atoms with Crippen molar-refractivity contribution in [2.75, 3.05) is 0 Å². The molecule has 2 aromatic rings. The summed E-state index contributed by atoms with van der Waals surface area (Å²) in [5, 5.41) is 4.40. The molecule has 1 aromatic carbocycles. The molecule has 2 N–H and O–H groups in total. The highest BCUT2D eigenvalue weighted by atomic mass is 16.1. The Morgan fingerprint density at radius 2 is 2.14 bits per heavy atom. The van der Waals surface area contributed by atoms with E-state index in [1.165, 1.54) is 18.2 Å². The standard InChI is InChI=1S/C18H24N2O/c1-12-6-5-7-14(10-12)20-18(21)11-16-13(2)19-17-9-4-3-8-15(16)17/h3-4,8-9,12,14,19H,5-7,10-11H2,1-2H3,(H,20,21). The van der Waals surface area contributed by atoms with Crippen LogP contribution >= 0.6 is 0 Å². The maximum absolute atomic E-state index is 12.4. The summed E-state index contributed by atoms with van der Waals surface area (Å²) in [6, 6.07) is 8.56. The average molecular weight is 284 g/mol. The lowest BCUT2D eigenvalue weighted by Crippen LogP contribution is -2.38. The van der Waals surface area contributed by atoms with Crippen LogP contribution in [0.5, 0.6) is 0 Å². The van der Waals surface area contributed by atoms with Crippen molar-refractivity contribution in [2.24, 2.45) is 5.92 Å². The smallest absolute Gasteiger partial charge is 0.224 e. The molecule has 0 bridgehead atoms. The molecule has 1 heterocycles. The third-order valence-corrected chi connectivity index (χ3v) is 4.67. The van der Waals surface area contributed by atoms with E-state index in [0.717, 1.165) is 35.5 Å². The fraction of sp³-hybridized carbons (Fsp3) is 0.500. The van der Waals surface area contributed by atoms with Gasteiger partial charge in [0.05, 0.1) is 6.42 Å². The van der Waals surface area contributed by atoms with Crippen molar-refractivity contribution >= 4 is 16.8 Å². The third-order valence-electron chi connectivity index (χ3n) is 4.67. The van der Waals surface area contributed by atoms with Crippen LogP contribution in [0.1, 0.15) is 43.9 Å². The lowest BCUT2D eigenvalue weighted by molar-refractivity contribution is -0.121. The molecule has 1 aromatic heterocycles. The Hall–Kier alpha value is -1.77. The van der Waals surface area contributed by atoms with Crippen LogP contribution in [0, 0.1) is 12.8 Å². The second kappa shape index (κ2) is 5.92. The number of carbonyl (C=O) groups is 1.